The Kier molecular flexibility index (Phi) is 3.06. The van der Waals surface area contributed by atoms with Crippen LogP contribution < -0.4 is 0 Å². The second kappa shape index (κ2) is 4.87. The highest BCUT2D eigenvalue weighted by molar-refractivity contribution is 5.92. The predicted molar refractivity (Wildman–Crippen MR) is 67.7 cm³/mol. The van der Waals surface area contributed by atoms with Crippen LogP contribution in [0.4, 0.5) is 0 Å². The molecule has 1 saturated heterocycles. The zero-order chi connectivity index (χ0) is 13.2. The van der Waals surface area contributed by atoms with Crippen molar-refractivity contribution < 1.29 is 9.32 Å². The third-order valence-electron chi connectivity index (χ3n) is 3.56. The molecule has 6 nitrogen and oxygen atoms in total. The van der Waals surface area contributed by atoms with Crippen molar-refractivity contribution in [2.75, 3.05) is 13.1 Å². The number of aromatic nitrogens is 3. The van der Waals surface area contributed by atoms with Gasteiger partial charge in [-0.3, -0.25) is 9.89 Å². The summed E-state index contributed by atoms with van der Waals surface area (Å²) in [5, 5.41) is 10.8. The van der Waals surface area contributed by atoms with Crippen LogP contribution >= 0.6 is 0 Å². The number of carbonyl (C=O) groups is 1. The first kappa shape index (κ1) is 12.0. The number of carbonyl (C=O) groups excluding carboxylic acids is 1. The lowest BCUT2D eigenvalue weighted by Gasteiger charge is -2.14. The molecule has 1 atom stereocenters. The summed E-state index contributed by atoms with van der Waals surface area (Å²) >= 11 is 0. The Morgan fingerprint density at radius 3 is 3.21 bits per heavy atom. The van der Waals surface area contributed by atoms with E-state index in [1.165, 1.54) is 0 Å². The molecule has 0 bridgehead atoms. The molecule has 1 aliphatic heterocycles. The van der Waals surface area contributed by atoms with Crippen LogP contribution in [0.3, 0.4) is 0 Å². The number of H-pyrrole nitrogens is 1. The van der Waals surface area contributed by atoms with Gasteiger partial charge in [0.2, 0.25) is 0 Å². The molecule has 6 heteroatoms. The van der Waals surface area contributed by atoms with E-state index in [9.17, 15) is 4.79 Å². The maximum atomic E-state index is 12.3. The number of aryl methyl sites for hydroxylation is 1. The fraction of sp³-hybridized carbons (Fsp3) is 0.462. The van der Waals surface area contributed by atoms with Crippen molar-refractivity contribution in [1.82, 2.24) is 20.3 Å². The van der Waals surface area contributed by atoms with E-state index >= 15 is 0 Å². The summed E-state index contributed by atoms with van der Waals surface area (Å²) in [5.74, 6) is 1.03. The molecule has 0 aliphatic carbocycles. The Hall–Kier alpha value is -2.11. The van der Waals surface area contributed by atoms with E-state index in [1.54, 1.807) is 12.3 Å². The minimum atomic E-state index is -0.0505. The van der Waals surface area contributed by atoms with Crippen LogP contribution in [0.2, 0.25) is 0 Å². The molecule has 1 fully saturated rings. The number of hydrogen-bond donors (Lipinski definition) is 1. The summed E-state index contributed by atoms with van der Waals surface area (Å²) in [4.78, 5) is 14.1. The average Bonchev–Trinajstić information content (AvgIpc) is 3.16. The first-order chi connectivity index (χ1) is 9.28. The number of nitrogens with zero attached hydrogens (tertiary/aromatic N) is 3. The fourth-order valence-corrected chi connectivity index (χ4v) is 2.43. The van der Waals surface area contributed by atoms with Gasteiger partial charge in [-0.05, 0) is 12.5 Å². The fourth-order valence-electron chi connectivity index (χ4n) is 2.43. The number of rotatable bonds is 3. The van der Waals surface area contributed by atoms with E-state index in [1.807, 2.05) is 17.9 Å². The van der Waals surface area contributed by atoms with E-state index in [2.05, 4.69) is 15.4 Å². The van der Waals surface area contributed by atoms with Gasteiger partial charge in [0.1, 0.15) is 5.76 Å². The van der Waals surface area contributed by atoms with Crippen molar-refractivity contribution in [3.05, 3.63) is 35.5 Å². The Balaban J connectivity index is 1.69. The standard InChI is InChI=1S/C13H16N4O2/c1-2-10-7-12(16-19-10)13(18)17-6-4-9(8-17)11-3-5-14-15-11/h3,5,7,9H,2,4,6,8H2,1H3,(H,14,15)/t9-/m0/s1. The number of hydrogen-bond acceptors (Lipinski definition) is 4. The summed E-state index contributed by atoms with van der Waals surface area (Å²) in [6.07, 6.45) is 3.44. The summed E-state index contributed by atoms with van der Waals surface area (Å²) in [6, 6.07) is 3.69. The summed E-state index contributed by atoms with van der Waals surface area (Å²) < 4.78 is 5.08. The number of amides is 1. The molecule has 2 aromatic rings. The Morgan fingerprint density at radius 2 is 2.53 bits per heavy atom. The molecule has 3 rings (SSSR count). The molecule has 0 saturated carbocycles. The SMILES string of the molecule is CCc1cc(C(=O)N2CC[C@H](c3ccn[nH]3)C2)no1. The summed E-state index contributed by atoms with van der Waals surface area (Å²) in [7, 11) is 0. The number of likely N-dealkylation sites (tertiary alicyclic amines) is 1. The Labute approximate surface area is 110 Å². The Bertz CT molecular complexity index is 561. The third-order valence-corrected chi connectivity index (χ3v) is 3.56. The van der Waals surface area contributed by atoms with Gasteiger partial charge in [-0.2, -0.15) is 5.10 Å². The number of nitrogens with one attached hydrogen (secondary N) is 1. The van der Waals surface area contributed by atoms with E-state index in [0.29, 0.717) is 18.2 Å². The maximum absolute atomic E-state index is 12.3. The largest absolute Gasteiger partial charge is 0.361 e. The minimum absolute atomic E-state index is 0.0505. The predicted octanol–water partition coefficient (Wildman–Crippen LogP) is 1.59. The van der Waals surface area contributed by atoms with Crippen molar-refractivity contribution in [3.63, 3.8) is 0 Å². The molecule has 0 radical (unpaired) electrons. The van der Waals surface area contributed by atoms with Crippen LogP contribution in [0.15, 0.2) is 22.9 Å². The van der Waals surface area contributed by atoms with Gasteiger partial charge in [-0.15, -0.1) is 0 Å². The molecule has 0 spiro atoms. The monoisotopic (exact) mass is 260 g/mol. The second-order valence-electron chi connectivity index (χ2n) is 4.78. The molecule has 1 N–H and O–H groups in total. The van der Waals surface area contributed by atoms with E-state index in [4.69, 9.17) is 4.52 Å². The normalized spacial score (nSPS) is 19.0. The molecule has 0 aromatic carbocycles. The lowest BCUT2D eigenvalue weighted by Crippen LogP contribution is -2.28. The lowest BCUT2D eigenvalue weighted by atomic mass is 10.1. The zero-order valence-electron chi connectivity index (χ0n) is 10.8. The van der Waals surface area contributed by atoms with Gasteiger partial charge in [0.15, 0.2) is 5.69 Å². The van der Waals surface area contributed by atoms with Crippen molar-refractivity contribution in [1.29, 1.82) is 0 Å². The van der Waals surface area contributed by atoms with Crippen molar-refractivity contribution >= 4 is 5.91 Å². The molecule has 100 valence electrons. The summed E-state index contributed by atoms with van der Waals surface area (Å²) in [5.41, 5.74) is 1.49. The van der Waals surface area contributed by atoms with E-state index in [0.717, 1.165) is 30.8 Å². The second-order valence-corrected chi connectivity index (χ2v) is 4.78. The molecule has 2 aromatic heterocycles. The quantitative estimate of drug-likeness (QED) is 0.909. The van der Waals surface area contributed by atoms with Crippen molar-refractivity contribution in [2.45, 2.75) is 25.7 Å². The Morgan fingerprint density at radius 1 is 1.63 bits per heavy atom. The molecular formula is C13H16N4O2. The summed E-state index contributed by atoms with van der Waals surface area (Å²) in [6.45, 7) is 3.42. The highest BCUT2D eigenvalue weighted by atomic mass is 16.5. The van der Waals surface area contributed by atoms with Crippen molar-refractivity contribution in [3.8, 4) is 0 Å². The van der Waals surface area contributed by atoms with Crippen LogP contribution in [-0.4, -0.2) is 39.3 Å². The molecular weight excluding hydrogens is 244 g/mol. The van der Waals surface area contributed by atoms with Crippen molar-refractivity contribution in [2.24, 2.45) is 0 Å². The van der Waals surface area contributed by atoms with Gasteiger partial charge < -0.3 is 9.42 Å². The van der Waals surface area contributed by atoms with Gasteiger partial charge >= 0.3 is 0 Å². The highest BCUT2D eigenvalue weighted by Gasteiger charge is 2.30. The first-order valence-electron chi connectivity index (χ1n) is 6.52. The molecule has 3 heterocycles. The van der Waals surface area contributed by atoms with Gasteiger partial charge in [0, 0.05) is 43.4 Å². The van der Waals surface area contributed by atoms with Crippen LogP contribution in [-0.2, 0) is 6.42 Å². The smallest absolute Gasteiger partial charge is 0.276 e. The van der Waals surface area contributed by atoms with Crippen LogP contribution in [0, 0.1) is 0 Å². The van der Waals surface area contributed by atoms with Gasteiger partial charge in [0.05, 0.1) is 0 Å². The highest BCUT2D eigenvalue weighted by Crippen LogP contribution is 2.26. The topological polar surface area (TPSA) is 75.0 Å². The van der Waals surface area contributed by atoms with E-state index in [-0.39, 0.29) is 5.91 Å². The minimum Gasteiger partial charge on any atom is -0.361 e. The molecule has 1 aliphatic rings. The van der Waals surface area contributed by atoms with Crippen LogP contribution in [0.5, 0.6) is 0 Å². The molecule has 0 unspecified atom stereocenters. The lowest BCUT2D eigenvalue weighted by molar-refractivity contribution is 0.0780. The van der Waals surface area contributed by atoms with Gasteiger partial charge in [0.25, 0.3) is 5.91 Å². The first-order valence-corrected chi connectivity index (χ1v) is 6.52. The molecule has 1 amide bonds. The van der Waals surface area contributed by atoms with Crippen LogP contribution in [0.25, 0.3) is 0 Å². The zero-order valence-corrected chi connectivity index (χ0v) is 10.8. The maximum Gasteiger partial charge on any atom is 0.276 e. The van der Waals surface area contributed by atoms with Crippen LogP contribution in [0.1, 0.15) is 41.2 Å². The van der Waals surface area contributed by atoms with E-state index < -0.39 is 0 Å². The average molecular weight is 260 g/mol. The number of aromatic amines is 1. The van der Waals surface area contributed by atoms with Gasteiger partial charge in [-0.1, -0.05) is 12.1 Å². The third kappa shape index (κ3) is 2.25. The molecule has 19 heavy (non-hydrogen) atoms. The van der Waals surface area contributed by atoms with Gasteiger partial charge in [-0.25, -0.2) is 0 Å².